The molecule has 0 spiro atoms. The Bertz CT molecular complexity index is 750. The van der Waals surface area contributed by atoms with E-state index in [-0.39, 0.29) is 31.3 Å². The van der Waals surface area contributed by atoms with Crippen molar-refractivity contribution in [1.82, 2.24) is 9.55 Å². The summed E-state index contributed by atoms with van der Waals surface area (Å²) in [6.07, 6.45) is -0.828. The number of benzene rings is 1. The van der Waals surface area contributed by atoms with Crippen LogP contribution in [0, 0.1) is 0 Å². The van der Waals surface area contributed by atoms with Crippen LogP contribution in [0.15, 0.2) is 24.3 Å². The molecule has 1 aromatic heterocycles. The van der Waals surface area contributed by atoms with E-state index in [2.05, 4.69) is 4.98 Å². The van der Waals surface area contributed by atoms with Crippen molar-refractivity contribution >= 4 is 34.9 Å². The Balaban J connectivity index is 2.23. The first-order chi connectivity index (χ1) is 10.1. The van der Waals surface area contributed by atoms with Crippen LogP contribution < -0.4 is 4.90 Å². The molecule has 0 atom stereocenters. The monoisotopic (exact) mass is 287 g/mol. The fourth-order valence-electron chi connectivity index (χ4n) is 2.33. The van der Waals surface area contributed by atoms with Crippen LogP contribution in [0.3, 0.4) is 0 Å². The first-order valence-corrected chi connectivity index (χ1v) is 6.64. The summed E-state index contributed by atoms with van der Waals surface area (Å²) in [5.41, 5.74) is 1.12. The molecule has 108 valence electrons. The molecule has 0 unspecified atom stereocenters. The summed E-state index contributed by atoms with van der Waals surface area (Å²) >= 11 is 0. The van der Waals surface area contributed by atoms with E-state index in [1.165, 1.54) is 4.57 Å². The molecule has 7 nitrogen and oxygen atoms in total. The molecule has 0 radical (unpaired) electrons. The third-order valence-corrected chi connectivity index (χ3v) is 3.25. The molecule has 1 aliphatic heterocycles. The first-order valence-electron chi connectivity index (χ1n) is 6.64. The zero-order valence-corrected chi connectivity index (χ0v) is 11.4. The van der Waals surface area contributed by atoms with Gasteiger partial charge in [0.15, 0.2) is 0 Å². The highest BCUT2D eigenvalue weighted by Gasteiger charge is 2.34. The van der Waals surface area contributed by atoms with Gasteiger partial charge in [-0.2, -0.15) is 4.90 Å². The second kappa shape index (κ2) is 5.01. The van der Waals surface area contributed by atoms with E-state index in [4.69, 9.17) is 4.74 Å². The number of ether oxygens (including phenoxy) is 1. The number of carbonyl (C=O) groups excluding carboxylic acids is 3. The molecule has 0 bridgehead atoms. The summed E-state index contributed by atoms with van der Waals surface area (Å²) in [6.45, 7) is 1.78. The summed E-state index contributed by atoms with van der Waals surface area (Å²) < 4.78 is 6.20. The van der Waals surface area contributed by atoms with Gasteiger partial charge in [-0.15, -0.1) is 0 Å². The fourth-order valence-corrected chi connectivity index (χ4v) is 2.33. The summed E-state index contributed by atoms with van der Waals surface area (Å²) in [7, 11) is 0. The predicted octanol–water partition coefficient (Wildman–Crippen LogP) is 1.96. The molecule has 0 saturated heterocycles. The van der Waals surface area contributed by atoms with Gasteiger partial charge in [0.05, 0.1) is 17.6 Å². The number of rotatable bonds is 1. The minimum absolute atomic E-state index is 0.00199. The summed E-state index contributed by atoms with van der Waals surface area (Å²) in [4.78, 5) is 41.5. The van der Waals surface area contributed by atoms with Gasteiger partial charge in [0.1, 0.15) is 0 Å². The Hall–Kier alpha value is -2.70. The number of amides is 2. The van der Waals surface area contributed by atoms with Gasteiger partial charge in [0, 0.05) is 12.8 Å². The SMILES string of the molecule is CCOC(=O)N1C(=O)CCC(=O)n2c1nc1ccccc12. The molecule has 0 aliphatic carbocycles. The smallest absolute Gasteiger partial charge is 0.423 e. The molecule has 0 saturated carbocycles. The molecular weight excluding hydrogens is 274 g/mol. The average Bonchev–Trinajstić information content (AvgIpc) is 2.78. The van der Waals surface area contributed by atoms with Gasteiger partial charge in [-0.25, -0.2) is 14.3 Å². The highest BCUT2D eigenvalue weighted by Crippen LogP contribution is 2.27. The van der Waals surface area contributed by atoms with Crippen LogP contribution in [0.4, 0.5) is 10.7 Å². The van der Waals surface area contributed by atoms with Crippen molar-refractivity contribution in [1.29, 1.82) is 0 Å². The number of imidazole rings is 1. The van der Waals surface area contributed by atoms with E-state index in [1.54, 1.807) is 31.2 Å². The molecule has 7 heteroatoms. The second-order valence-corrected chi connectivity index (χ2v) is 4.56. The van der Waals surface area contributed by atoms with E-state index in [1.807, 2.05) is 0 Å². The molecule has 2 aromatic rings. The second-order valence-electron chi connectivity index (χ2n) is 4.56. The topological polar surface area (TPSA) is 81.5 Å². The number of hydrogen-bond acceptors (Lipinski definition) is 5. The zero-order chi connectivity index (χ0) is 15.0. The van der Waals surface area contributed by atoms with Crippen molar-refractivity contribution in [2.24, 2.45) is 0 Å². The lowest BCUT2D eigenvalue weighted by atomic mass is 10.2. The van der Waals surface area contributed by atoms with Crippen LogP contribution in [0.5, 0.6) is 0 Å². The molecule has 1 aromatic carbocycles. The third kappa shape index (κ3) is 2.06. The maximum Gasteiger partial charge on any atom is 0.423 e. The average molecular weight is 287 g/mol. The summed E-state index contributed by atoms with van der Waals surface area (Å²) in [5, 5.41) is 0. The van der Waals surface area contributed by atoms with Gasteiger partial charge in [0.25, 0.3) is 0 Å². The van der Waals surface area contributed by atoms with Crippen LogP contribution in [-0.4, -0.2) is 34.1 Å². The Morgan fingerprint density at radius 1 is 1.24 bits per heavy atom. The number of imide groups is 1. The lowest BCUT2D eigenvalue weighted by Crippen LogP contribution is -2.38. The Labute approximate surface area is 120 Å². The van der Waals surface area contributed by atoms with Gasteiger partial charge in [-0.3, -0.25) is 9.59 Å². The molecular formula is C14H13N3O4. The van der Waals surface area contributed by atoms with E-state index in [9.17, 15) is 14.4 Å². The number of anilines is 1. The Kier molecular flexibility index (Phi) is 3.17. The Morgan fingerprint density at radius 3 is 2.71 bits per heavy atom. The highest BCUT2D eigenvalue weighted by molar-refractivity contribution is 6.15. The van der Waals surface area contributed by atoms with Crippen molar-refractivity contribution in [3.63, 3.8) is 0 Å². The number of fused-ring (bicyclic) bond motifs is 3. The van der Waals surface area contributed by atoms with Crippen molar-refractivity contribution < 1.29 is 19.1 Å². The van der Waals surface area contributed by atoms with Gasteiger partial charge < -0.3 is 4.74 Å². The standard InChI is InChI=1S/C14H13N3O4/c1-2-21-14(20)17-12(19)8-7-11(18)16-10-6-4-3-5-9(10)15-13(16)17/h3-6H,2,7-8H2,1H3. The van der Waals surface area contributed by atoms with E-state index >= 15 is 0 Å². The fraction of sp³-hybridized carbons (Fsp3) is 0.286. The lowest BCUT2D eigenvalue weighted by Gasteiger charge is -2.16. The van der Waals surface area contributed by atoms with Gasteiger partial charge in [0.2, 0.25) is 17.8 Å². The number of para-hydroxylation sites is 2. The number of aromatic nitrogens is 2. The van der Waals surface area contributed by atoms with Crippen LogP contribution in [0.2, 0.25) is 0 Å². The normalized spacial score (nSPS) is 15.0. The first kappa shape index (κ1) is 13.3. The quantitative estimate of drug-likeness (QED) is 0.800. The molecule has 2 heterocycles. The van der Waals surface area contributed by atoms with Crippen LogP contribution in [0.1, 0.15) is 24.6 Å². The molecule has 3 rings (SSSR count). The summed E-state index contributed by atoms with van der Waals surface area (Å²) in [5.74, 6) is -0.753. The Morgan fingerprint density at radius 2 is 1.95 bits per heavy atom. The zero-order valence-electron chi connectivity index (χ0n) is 11.4. The molecule has 1 aliphatic rings. The largest absolute Gasteiger partial charge is 0.449 e. The molecule has 0 N–H and O–H groups in total. The van der Waals surface area contributed by atoms with E-state index in [0.29, 0.717) is 11.0 Å². The predicted molar refractivity (Wildman–Crippen MR) is 74.1 cm³/mol. The highest BCUT2D eigenvalue weighted by atomic mass is 16.6. The third-order valence-electron chi connectivity index (χ3n) is 3.25. The van der Waals surface area contributed by atoms with Gasteiger partial charge in [-0.05, 0) is 19.1 Å². The van der Waals surface area contributed by atoms with Crippen molar-refractivity contribution in [3.8, 4) is 0 Å². The number of hydrogen-bond donors (Lipinski definition) is 0. The molecule has 0 fully saturated rings. The minimum atomic E-state index is -0.811. The van der Waals surface area contributed by atoms with Gasteiger partial charge in [-0.1, -0.05) is 12.1 Å². The molecule has 2 amide bonds. The molecule has 21 heavy (non-hydrogen) atoms. The van der Waals surface area contributed by atoms with E-state index in [0.717, 1.165) is 4.90 Å². The van der Waals surface area contributed by atoms with E-state index < -0.39 is 12.0 Å². The summed E-state index contributed by atoms with van der Waals surface area (Å²) in [6, 6.07) is 6.99. The van der Waals surface area contributed by atoms with Crippen LogP contribution in [-0.2, 0) is 9.53 Å². The lowest BCUT2D eigenvalue weighted by molar-refractivity contribution is -0.118. The van der Waals surface area contributed by atoms with Crippen molar-refractivity contribution in [2.75, 3.05) is 11.5 Å². The number of nitrogens with zero attached hydrogens (tertiary/aromatic N) is 3. The van der Waals surface area contributed by atoms with Crippen molar-refractivity contribution in [2.45, 2.75) is 19.8 Å². The van der Waals surface area contributed by atoms with Crippen molar-refractivity contribution in [3.05, 3.63) is 24.3 Å². The van der Waals surface area contributed by atoms with Crippen LogP contribution in [0.25, 0.3) is 11.0 Å². The number of carbonyl (C=O) groups is 3. The maximum absolute atomic E-state index is 12.2. The maximum atomic E-state index is 12.2. The van der Waals surface area contributed by atoms with Crippen LogP contribution >= 0.6 is 0 Å². The van der Waals surface area contributed by atoms with Gasteiger partial charge >= 0.3 is 6.09 Å². The minimum Gasteiger partial charge on any atom is -0.449 e.